The van der Waals surface area contributed by atoms with Crippen molar-refractivity contribution < 1.29 is 9.84 Å². The lowest BCUT2D eigenvalue weighted by molar-refractivity contribution is 0.0792. The van der Waals surface area contributed by atoms with Gasteiger partial charge >= 0.3 is 0 Å². The van der Waals surface area contributed by atoms with Gasteiger partial charge < -0.3 is 9.84 Å². The van der Waals surface area contributed by atoms with Gasteiger partial charge in [-0.1, -0.05) is 12.1 Å². The Balaban J connectivity index is 1.47. The molecule has 1 aliphatic heterocycles. The monoisotopic (exact) mass is 261 g/mol. The van der Waals surface area contributed by atoms with Crippen molar-refractivity contribution in [3.8, 4) is 5.75 Å². The number of benzene rings is 1. The van der Waals surface area contributed by atoms with E-state index in [1.807, 2.05) is 0 Å². The van der Waals surface area contributed by atoms with Crippen molar-refractivity contribution in [2.24, 2.45) is 5.92 Å². The fraction of sp³-hybridized carbons (Fsp3) is 0.625. The molecular weight excluding hydrogens is 238 g/mol. The Hall–Kier alpha value is -1.06. The summed E-state index contributed by atoms with van der Waals surface area (Å²) in [6.45, 7) is 3.86. The van der Waals surface area contributed by atoms with Crippen LogP contribution in [0.15, 0.2) is 24.3 Å². The molecule has 0 bridgehead atoms. The van der Waals surface area contributed by atoms with Gasteiger partial charge in [-0.05, 0) is 49.3 Å². The number of likely N-dealkylation sites (tertiary alicyclic amines) is 1. The van der Waals surface area contributed by atoms with E-state index in [1.54, 1.807) is 0 Å². The third kappa shape index (κ3) is 3.95. The Labute approximate surface area is 115 Å². The van der Waals surface area contributed by atoms with Gasteiger partial charge in [0.15, 0.2) is 0 Å². The third-order valence-electron chi connectivity index (χ3n) is 4.07. The molecule has 1 aliphatic carbocycles. The van der Waals surface area contributed by atoms with Gasteiger partial charge in [0.05, 0.1) is 12.7 Å². The van der Waals surface area contributed by atoms with E-state index in [1.165, 1.54) is 18.4 Å². The van der Waals surface area contributed by atoms with Crippen LogP contribution in [0.4, 0.5) is 0 Å². The van der Waals surface area contributed by atoms with Crippen LogP contribution in [0, 0.1) is 5.92 Å². The normalized spacial score (nSPS) is 21.5. The highest BCUT2D eigenvalue weighted by atomic mass is 16.5. The maximum absolute atomic E-state index is 9.50. The molecule has 0 radical (unpaired) electrons. The van der Waals surface area contributed by atoms with Crippen LogP contribution < -0.4 is 4.74 Å². The van der Waals surface area contributed by atoms with Crippen LogP contribution in [0.1, 0.15) is 31.2 Å². The fourth-order valence-corrected chi connectivity index (χ4v) is 2.53. The Bertz CT molecular complexity index is 392. The predicted octanol–water partition coefficient (Wildman–Crippen LogP) is 2.43. The molecule has 0 spiro atoms. The molecule has 1 saturated carbocycles. The molecule has 0 aromatic heterocycles. The standard InChI is InChI=1S/C16H23NO2/c18-15-7-9-17(10-8-15)11-13-3-5-16(6-4-13)19-12-14-1-2-14/h3-6,14-15,18H,1-2,7-12H2. The minimum Gasteiger partial charge on any atom is -0.493 e. The van der Waals surface area contributed by atoms with E-state index in [0.717, 1.165) is 50.8 Å². The second-order valence-electron chi connectivity index (χ2n) is 5.91. The largest absolute Gasteiger partial charge is 0.493 e. The van der Waals surface area contributed by atoms with E-state index in [2.05, 4.69) is 29.2 Å². The lowest BCUT2D eigenvalue weighted by atomic mass is 10.1. The lowest BCUT2D eigenvalue weighted by Crippen LogP contribution is -2.35. The smallest absolute Gasteiger partial charge is 0.119 e. The zero-order valence-corrected chi connectivity index (χ0v) is 11.4. The van der Waals surface area contributed by atoms with E-state index in [9.17, 15) is 5.11 Å². The number of hydrogen-bond donors (Lipinski definition) is 1. The Kier molecular flexibility index (Phi) is 4.04. The summed E-state index contributed by atoms with van der Waals surface area (Å²) in [7, 11) is 0. The molecule has 1 N–H and O–H groups in total. The maximum Gasteiger partial charge on any atom is 0.119 e. The van der Waals surface area contributed by atoms with Gasteiger partial charge in [-0.3, -0.25) is 4.90 Å². The van der Waals surface area contributed by atoms with Crippen LogP contribution in [0.25, 0.3) is 0 Å². The molecule has 1 saturated heterocycles. The first-order valence-electron chi connectivity index (χ1n) is 7.42. The molecule has 3 heteroatoms. The van der Waals surface area contributed by atoms with Crippen molar-refractivity contribution in [1.29, 1.82) is 0 Å². The van der Waals surface area contributed by atoms with E-state index in [0.29, 0.717) is 0 Å². The van der Waals surface area contributed by atoms with Crippen molar-refractivity contribution in [1.82, 2.24) is 4.90 Å². The van der Waals surface area contributed by atoms with E-state index in [-0.39, 0.29) is 6.10 Å². The number of ether oxygens (including phenoxy) is 1. The summed E-state index contributed by atoms with van der Waals surface area (Å²) < 4.78 is 5.74. The number of aliphatic hydroxyl groups is 1. The van der Waals surface area contributed by atoms with Crippen molar-refractivity contribution >= 4 is 0 Å². The first-order chi connectivity index (χ1) is 9.29. The highest BCUT2D eigenvalue weighted by molar-refractivity contribution is 5.27. The average molecular weight is 261 g/mol. The summed E-state index contributed by atoms with van der Waals surface area (Å²) >= 11 is 0. The SMILES string of the molecule is OC1CCN(Cc2ccc(OCC3CC3)cc2)CC1. The minimum absolute atomic E-state index is 0.0885. The molecule has 104 valence electrons. The zero-order chi connectivity index (χ0) is 13.1. The van der Waals surface area contributed by atoms with Crippen LogP contribution in [0.3, 0.4) is 0 Å². The molecule has 1 aromatic rings. The van der Waals surface area contributed by atoms with Crippen LogP contribution in [0.5, 0.6) is 5.75 Å². The van der Waals surface area contributed by atoms with Crippen LogP contribution >= 0.6 is 0 Å². The molecule has 1 aromatic carbocycles. The summed E-state index contributed by atoms with van der Waals surface area (Å²) in [5.41, 5.74) is 1.33. The Morgan fingerprint density at radius 3 is 2.37 bits per heavy atom. The molecule has 3 nitrogen and oxygen atoms in total. The molecule has 0 unspecified atom stereocenters. The van der Waals surface area contributed by atoms with Crippen LogP contribution in [-0.4, -0.2) is 35.8 Å². The van der Waals surface area contributed by atoms with E-state index in [4.69, 9.17) is 4.74 Å². The number of piperidine rings is 1. The van der Waals surface area contributed by atoms with E-state index >= 15 is 0 Å². The molecule has 1 heterocycles. The van der Waals surface area contributed by atoms with Gasteiger partial charge in [0.1, 0.15) is 5.75 Å². The van der Waals surface area contributed by atoms with Crippen molar-refractivity contribution in [3.63, 3.8) is 0 Å². The van der Waals surface area contributed by atoms with Crippen LogP contribution in [0.2, 0.25) is 0 Å². The molecule has 19 heavy (non-hydrogen) atoms. The quantitative estimate of drug-likeness (QED) is 0.883. The second kappa shape index (κ2) is 5.93. The highest BCUT2D eigenvalue weighted by Crippen LogP contribution is 2.29. The van der Waals surface area contributed by atoms with Gasteiger partial charge in [-0.2, -0.15) is 0 Å². The third-order valence-corrected chi connectivity index (χ3v) is 4.07. The summed E-state index contributed by atoms with van der Waals surface area (Å²) in [5.74, 6) is 1.80. The van der Waals surface area contributed by atoms with Gasteiger partial charge in [-0.25, -0.2) is 0 Å². The Morgan fingerprint density at radius 1 is 1.05 bits per heavy atom. The van der Waals surface area contributed by atoms with Crippen LogP contribution in [-0.2, 0) is 6.54 Å². The number of aliphatic hydroxyl groups excluding tert-OH is 1. The lowest BCUT2D eigenvalue weighted by Gasteiger charge is -2.29. The minimum atomic E-state index is -0.0885. The fourth-order valence-electron chi connectivity index (χ4n) is 2.53. The molecule has 0 amide bonds. The summed E-state index contributed by atoms with van der Waals surface area (Å²) in [5, 5.41) is 9.50. The molecule has 3 rings (SSSR count). The molecule has 2 aliphatic rings. The van der Waals surface area contributed by atoms with Gasteiger partial charge in [0.25, 0.3) is 0 Å². The summed E-state index contributed by atoms with van der Waals surface area (Å²) in [4.78, 5) is 2.41. The van der Waals surface area contributed by atoms with E-state index < -0.39 is 0 Å². The highest BCUT2D eigenvalue weighted by Gasteiger charge is 2.21. The first kappa shape index (κ1) is 12.9. The second-order valence-corrected chi connectivity index (χ2v) is 5.91. The summed E-state index contributed by atoms with van der Waals surface area (Å²) in [6.07, 6.45) is 4.39. The van der Waals surface area contributed by atoms with Crippen molar-refractivity contribution in [3.05, 3.63) is 29.8 Å². The predicted molar refractivity (Wildman–Crippen MR) is 75.2 cm³/mol. The van der Waals surface area contributed by atoms with Gasteiger partial charge in [0, 0.05) is 19.6 Å². The van der Waals surface area contributed by atoms with Gasteiger partial charge in [-0.15, -0.1) is 0 Å². The molecule has 0 atom stereocenters. The number of rotatable bonds is 5. The Morgan fingerprint density at radius 2 is 1.74 bits per heavy atom. The van der Waals surface area contributed by atoms with Crippen molar-refractivity contribution in [2.75, 3.05) is 19.7 Å². The zero-order valence-electron chi connectivity index (χ0n) is 11.4. The number of hydrogen-bond acceptors (Lipinski definition) is 3. The topological polar surface area (TPSA) is 32.7 Å². The van der Waals surface area contributed by atoms with Gasteiger partial charge in [0.2, 0.25) is 0 Å². The maximum atomic E-state index is 9.50. The van der Waals surface area contributed by atoms with Crippen molar-refractivity contribution in [2.45, 2.75) is 38.3 Å². The number of nitrogens with zero attached hydrogens (tertiary/aromatic N) is 1. The average Bonchev–Trinajstić information content (AvgIpc) is 3.25. The first-order valence-corrected chi connectivity index (χ1v) is 7.42. The summed E-state index contributed by atoms with van der Waals surface area (Å²) in [6, 6.07) is 8.48. The molecular formula is C16H23NO2. The molecule has 2 fully saturated rings.